The molecule has 4 N–H and O–H groups in total. The molecule has 2 aromatic heterocycles. The van der Waals surface area contributed by atoms with E-state index in [-0.39, 0.29) is 29.1 Å². The van der Waals surface area contributed by atoms with E-state index in [0.29, 0.717) is 11.3 Å². The largest absolute Gasteiger partial charge is 0.399 e. The Morgan fingerprint density at radius 1 is 0.971 bits per heavy atom. The third kappa shape index (κ3) is 4.89. The van der Waals surface area contributed by atoms with Crippen LogP contribution in [0, 0.1) is 0 Å². The Bertz CT molecular complexity index is 1410. The van der Waals surface area contributed by atoms with Crippen LogP contribution in [-0.2, 0) is 0 Å². The molecule has 180 valence electrons. The third-order valence-corrected chi connectivity index (χ3v) is 6.18. The van der Waals surface area contributed by atoms with Gasteiger partial charge in [-0.05, 0) is 76.6 Å². The van der Waals surface area contributed by atoms with E-state index in [2.05, 4.69) is 55.1 Å². The number of benzene rings is 2. The zero-order valence-corrected chi connectivity index (χ0v) is 20.7. The van der Waals surface area contributed by atoms with Gasteiger partial charge in [-0.3, -0.25) is 9.69 Å². The van der Waals surface area contributed by atoms with E-state index in [4.69, 9.17) is 5.73 Å². The van der Waals surface area contributed by atoms with E-state index >= 15 is 0 Å². The smallest absolute Gasteiger partial charge is 0.326 e. The number of aromatic amines is 1. The molecule has 4 aromatic rings. The zero-order chi connectivity index (χ0) is 25.3. The van der Waals surface area contributed by atoms with E-state index in [1.165, 1.54) is 4.90 Å². The van der Waals surface area contributed by atoms with Gasteiger partial charge in [-0.25, -0.2) is 9.78 Å². The number of pyridine rings is 2. The summed E-state index contributed by atoms with van der Waals surface area (Å²) in [6, 6.07) is 17.0. The Morgan fingerprint density at radius 2 is 1.60 bits per heavy atom. The first-order valence-corrected chi connectivity index (χ1v) is 11.7. The van der Waals surface area contributed by atoms with E-state index in [1.54, 1.807) is 25.4 Å². The number of hydrogen-bond donors (Lipinski definition) is 3. The number of H-pyrrole nitrogens is 1. The van der Waals surface area contributed by atoms with Crippen molar-refractivity contribution >= 4 is 34.1 Å². The van der Waals surface area contributed by atoms with Crippen LogP contribution in [0.4, 0.5) is 21.9 Å². The number of anilines is 3. The lowest BCUT2D eigenvalue weighted by molar-refractivity contribution is 0.258. The number of carbonyl (C=O) groups is 1. The standard InChI is InChI=1S/C28H31N5O2/c1-16(2)22-13-20(18-8-10-21(29)11-9-18)14-23(17(3)4)25(22)31-28(35)33(5)24-15-19-7-6-12-30-26(19)32-27(24)34/h6-17H,29H2,1-5H3,(H,31,35)(H,30,32,34). The number of urea groups is 1. The highest BCUT2D eigenvalue weighted by Crippen LogP contribution is 2.37. The van der Waals surface area contributed by atoms with Crippen LogP contribution in [0.5, 0.6) is 0 Å². The molecule has 0 aliphatic rings. The lowest BCUT2D eigenvalue weighted by Crippen LogP contribution is -2.35. The monoisotopic (exact) mass is 469 g/mol. The fraction of sp³-hybridized carbons (Fsp3) is 0.250. The maximum Gasteiger partial charge on any atom is 0.326 e. The van der Waals surface area contributed by atoms with Gasteiger partial charge in [0.25, 0.3) is 5.56 Å². The number of aromatic nitrogens is 2. The van der Waals surface area contributed by atoms with Gasteiger partial charge < -0.3 is 16.0 Å². The molecule has 0 saturated carbocycles. The first-order valence-electron chi connectivity index (χ1n) is 11.7. The summed E-state index contributed by atoms with van der Waals surface area (Å²) >= 11 is 0. The van der Waals surface area contributed by atoms with Gasteiger partial charge in [-0.15, -0.1) is 0 Å². The second kappa shape index (κ2) is 9.62. The molecule has 2 amide bonds. The molecule has 4 rings (SSSR count). The fourth-order valence-corrected chi connectivity index (χ4v) is 4.16. The highest BCUT2D eigenvalue weighted by Gasteiger charge is 2.22. The van der Waals surface area contributed by atoms with Crippen molar-refractivity contribution < 1.29 is 4.79 Å². The predicted molar refractivity (Wildman–Crippen MR) is 144 cm³/mol. The molecule has 0 aliphatic carbocycles. The lowest BCUT2D eigenvalue weighted by Gasteiger charge is -2.25. The van der Waals surface area contributed by atoms with Crippen molar-refractivity contribution in [1.82, 2.24) is 9.97 Å². The number of nitrogens with zero attached hydrogens (tertiary/aromatic N) is 2. The molecule has 2 aromatic carbocycles. The summed E-state index contributed by atoms with van der Waals surface area (Å²) in [4.78, 5) is 34.3. The normalized spacial score (nSPS) is 11.3. The minimum Gasteiger partial charge on any atom is -0.399 e. The Morgan fingerprint density at radius 3 is 2.20 bits per heavy atom. The molecule has 0 unspecified atom stereocenters. The Labute approximate surface area is 205 Å². The number of nitrogens with one attached hydrogen (secondary N) is 2. The number of nitrogen functional groups attached to an aromatic ring is 1. The van der Waals surface area contributed by atoms with Crippen molar-refractivity contribution in [2.75, 3.05) is 23.0 Å². The zero-order valence-electron chi connectivity index (χ0n) is 20.7. The average molecular weight is 470 g/mol. The topological polar surface area (TPSA) is 104 Å². The van der Waals surface area contributed by atoms with Crippen molar-refractivity contribution in [2.24, 2.45) is 0 Å². The first kappa shape index (κ1) is 24.0. The number of fused-ring (bicyclic) bond motifs is 1. The van der Waals surface area contributed by atoms with Crippen LogP contribution >= 0.6 is 0 Å². The van der Waals surface area contributed by atoms with Gasteiger partial charge >= 0.3 is 6.03 Å². The van der Waals surface area contributed by atoms with Crippen LogP contribution in [0.1, 0.15) is 50.7 Å². The van der Waals surface area contributed by atoms with Crippen LogP contribution in [0.25, 0.3) is 22.2 Å². The van der Waals surface area contributed by atoms with Gasteiger partial charge in [0.2, 0.25) is 0 Å². The SMILES string of the molecule is CC(C)c1cc(-c2ccc(N)cc2)cc(C(C)C)c1NC(=O)N(C)c1cc2cccnc2[nH]c1=O. The number of carbonyl (C=O) groups excluding carboxylic acids is 1. The molecule has 0 radical (unpaired) electrons. The van der Waals surface area contributed by atoms with Gasteiger partial charge in [-0.2, -0.15) is 0 Å². The van der Waals surface area contributed by atoms with Gasteiger partial charge in [0.15, 0.2) is 0 Å². The minimum absolute atomic E-state index is 0.164. The fourth-order valence-electron chi connectivity index (χ4n) is 4.16. The first-order chi connectivity index (χ1) is 16.7. The minimum atomic E-state index is -0.386. The summed E-state index contributed by atoms with van der Waals surface area (Å²) in [5, 5.41) is 3.85. The molecule has 0 fully saturated rings. The van der Waals surface area contributed by atoms with Crippen molar-refractivity contribution in [1.29, 1.82) is 0 Å². The lowest BCUT2D eigenvalue weighted by atomic mass is 9.88. The summed E-state index contributed by atoms with van der Waals surface area (Å²) in [5.41, 5.74) is 11.9. The molecule has 0 bridgehead atoms. The van der Waals surface area contributed by atoms with Crippen molar-refractivity contribution in [2.45, 2.75) is 39.5 Å². The van der Waals surface area contributed by atoms with Crippen molar-refractivity contribution in [3.05, 3.63) is 82.3 Å². The Hall–Kier alpha value is -4.13. The van der Waals surface area contributed by atoms with Gasteiger partial charge in [0.05, 0.1) is 0 Å². The molecule has 0 aliphatic heterocycles. The summed E-state index contributed by atoms with van der Waals surface area (Å²) in [6.45, 7) is 8.42. The van der Waals surface area contributed by atoms with Gasteiger partial charge in [-0.1, -0.05) is 39.8 Å². The summed E-state index contributed by atoms with van der Waals surface area (Å²) in [7, 11) is 1.59. The van der Waals surface area contributed by atoms with Crippen LogP contribution in [-0.4, -0.2) is 23.0 Å². The van der Waals surface area contributed by atoms with Crippen LogP contribution in [0.15, 0.2) is 65.6 Å². The molecule has 0 saturated heterocycles. The van der Waals surface area contributed by atoms with Crippen LogP contribution < -0.4 is 21.5 Å². The summed E-state index contributed by atoms with van der Waals surface area (Å²) < 4.78 is 0. The quantitative estimate of drug-likeness (QED) is 0.308. The molecule has 0 atom stereocenters. The molecule has 7 nitrogen and oxygen atoms in total. The summed E-state index contributed by atoms with van der Waals surface area (Å²) in [5.74, 6) is 0.328. The highest BCUT2D eigenvalue weighted by molar-refractivity contribution is 6.03. The molecule has 2 heterocycles. The molecular formula is C28H31N5O2. The Balaban J connectivity index is 1.74. The van der Waals surface area contributed by atoms with Crippen LogP contribution in [0.3, 0.4) is 0 Å². The third-order valence-electron chi connectivity index (χ3n) is 6.18. The Kier molecular flexibility index (Phi) is 6.60. The predicted octanol–water partition coefficient (Wildman–Crippen LogP) is 6.09. The molecule has 7 heteroatoms. The maximum atomic E-state index is 13.4. The number of amides is 2. The van der Waals surface area contributed by atoms with E-state index in [9.17, 15) is 9.59 Å². The van der Waals surface area contributed by atoms with Crippen molar-refractivity contribution in [3.8, 4) is 11.1 Å². The number of rotatable bonds is 5. The van der Waals surface area contributed by atoms with Gasteiger partial charge in [0, 0.05) is 30.0 Å². The second-order valence-electron chi connectivity index (χ2n) is 9.38. The molecule has 35 heavy (non-hydrogen) atoms. The second-order valence-corrected chi connectivity index (χ2v) is 9.38. The maximum absolute atomic E-state index is 13.4. The van der Waals surface area contributed by atoms with Crippen LogP contribution in [0.2, 0.25) is 0 Å². The average Bonchev–Trinajstić information content (AvgIpc) is 2.83. The summed E-state index contributed by atoms with van der Waals surface area (Å²) in [6.07, 6.45) is 1.61. The van der Waals surface area contributed by atoms with E-state index < -0.39 is 0 Å². The molecule has 0 spiro atoms. The highest BCUT2D eigenvalue weighted by atomic mass is 16.2. The number of nitrogens with two attached hydrogens (primary N) is 1. The number of hydrogen-bond acceptors (Lipinski definition) is 4. The van der Waals surface area contributed by atoms with Crippen molar-refractivity contribution in [3.63, 3.8) is 0 Å². The van der Waals surface area contributed by atoms with Gasteiger partial charge in [0.1, 0.15) is 11.3 Å². The molecular weight excluding hydrogens is 438 g/mol. The van der Waals surface area contributed by atoms with E-state index in [0.717, 1.165) is 33.3 Å². The van der Waals surface area contributed by atoms with E-state index in [1.807, 2.05) is 30.3 Å².